The number of allylic oxidation sites excluding steroid dienone is 4. The molecule has 0 spiro atoms. The maximum Gasteiger partial charge on any atom is 0.220 e. The van der Waals surface area contributed by atoms with Crippen LogP contribution in [-0.4, -0.2) is 122 Å². The molecule has 13 heteroatoms. The lowest BCUT2D eigenvalue weighted by molar-refractivity contribution is -0.122. The smallest absolute Gasteiger partial charge is 0.220 e. The van der Waals surface area contributed by atoms with Crippen LogP contribution in [0, 0.1) is 17.8 Å². The van der Waals surface area contributed by atoms with E-state index in [1.807, 2.05) is 20.9 Å². The van der Waals surface area contributed by atoms with Gasteiger partial charge in [-0.05, 0) is 122 Å². The van der Waals surface area contributed by atoms with E-state index in [0.29, 0.717) is 52.6 Å². The SMILES string of the molecule is C=C(CCCCCCCCCCCCCCCCCCC=O)C1CCC(CCCC(=O)NCCOCCOCC=O)CC1.C=CC(=C)O.CC.CC=CC(CC)CCCCC.CN.CNCCOCCOCC(C)=O.CO. The van der Waals surface area contributed by atoms with Crippen molar-refractivity contribution in [2.75, 3.05) is 87.1 Å². The minimum atomic E-state index is 0.0185. The molecule has 1 atom stereocenters. The number of hydrogen-bond donors (Lipinski definition) is 5. The molecule has 1 aliphatic rings. The van der Waals surface area contributed by atoms with Crippen LogP contribution in [0.25, 0.3) is 0 Å². The normalized spacial score (nSPS) is 13.5. The van der Waals surface area contributed by atoms with Crippen molar-refractivity contribution < 1.29 is 48.3 Å². The van der Waals surface area contributed by atoms with Crippen LogP contribution in [0.3, 0.4) is 0 Å². The van der Waals surface area contributed by atoms with Crippen LogP contribution in [0.5, 0.6) is 0 Å². The number of ketones is 1. The van der Waals surface area contributed by atoms with Crippen molar-refractivity contribution in [3.05, 3.63) is 49.3 Å². The number of carbonyl (C=O) groups excluding carboxylic acids is 4. The number of hydrogen-bond acceptors (Lipinski definition) is 12. The first-order chi connectivity index (χ1) is 37.6. The Kier molecular flexibility index (Phi) is 88.0. The third-order valence-electron chi connectivity index (χ3n) is 12.7. The highest BCUT2D eigenvalue weighted by Gasteiger charge is 2.22. The van der Waals surface area contributed by atoms with Crippen LogP contribution >= 0.6 is 0 Å². The molecule has 0 heterocycles. The number of ether oxygens (including phenoxy) is 4. The van der Waals surface area contributed by atoms with Gasteiger partial charge in [-0.15, -0.1) is 0 Å². The molecular formula is C64H127N3O10. The first-order valence-electron chi connectivity index (χ1n) is 30.5. The Labute approximate surface area is 475 Å². The number of aliphatic hydroxyl groups excluding tert-OH is 2. The number of carbonyl (C=O) groups is 4. The highest BCUT2D eigenvalue weighted by Crippen LogP contribution is 2.36. The molecule has 1 fully saturated rings. The molecule has 0 bridgehead atoms. The molecule has 458 valence electrons. The molecule has 0 radical (unpaired) electrons. The second kappa shape index (κ2) is 79.4. The quantitative estimate of drug-likeness (QED) is 0.0127. The van der Waals surface area contributed by atoms with Crippen LogP contribution in [0.4, 0.5) is 0 Å². The van der Waals surface area contributed by atoms with Gasteiger partial charge in [0.2, 0.25) is 5.91 Å². The van der Waals surface area contributed by atoms with Crippen molar-refractivity contribution >= 4 is 24.3 Å². The lowest BCUT2D eigenvalue weighted by atomic mass is 9.76. The fraction of sp³-hybridized carbons (Fsp3) is 0.812. The van der Waals surface area contributed by atoms with Crippen molar-refractivity contribution in [1.29, 1.82) is 0 Å². The summed E-state index contributed by atoms with van der Waals surface area (Å²) in [7, 11) is 4.37. The Hall–Kier alpha value is -3.04. The Morgan fingerprint density at radius 1 is 0.662 bits per heavy atom. The number of likely N-dealkylation sites (N-methyl/N-ethyl adjacent to an activating group) is 1. The number of aldehydes is 2. The third-order valence-corrected chi connectivity index (χ3v) is 12.7. The summed E-state index contributed by atoms with van der Waals surface area (Å²) in [5, 5.41) is 20.9. The molecule has 1 unspecified atom stereocenters. The van der Waals surface area contributed by atoms with E-state index < -0.39 is 0 Å². The summed E-state index contributed by atoms with van der Waals surface area (Å²) in [6.45, 7) is 27.6. The topological polar surface area (TPSA) is 196 Å². The standard InChI is InChI=1S/C37H67NO5.C11H22.C8H17NO3.C4H6O.C2H6.CH5N.CH4O/c1-34(20-17-15-13-11-9-7-5-3-2-4-6-8-10-12-14-16-18-28-39)36-25-23-35(24-26-36)21-19-22-37(41)38-27-30-42-32-33-43-31-29-40;1-4-7-8-10-11(6-3)9-5-2;1-8(10)7-12-6-5-11-4-3-9-2;1-3-4(2)5;3*1-2/h28-29,35-36H,1-27,30-33H2,(H,38,41);5,9,11H,4,6-8,10H2,1-3H3;9H,3-7H2,1-2H3;3,5H,1-2H2;1-2H3;2H2,1H3;2H,1H3. The number of aliphatic hydroxyl groups is 2. The Morgan fingerprint density at radius 3 is 1.58 bits per heavy atom. The van der Waals surface area contributed by atoms with E-state index in [1.165, 1.54) is 186 Å². The average molecular weight is 1100 g/mol. The van der Waals surface area contributed by atoms with E-state index in [0.717, 1.165) is 69.7 Å². The van der Waals surface area contributed by atoms with Gasteiger partial charge in [0.05, 0.1) is 39.6 Å². The molecule has 6 N–H and O–H groups in total. The number of nitrogens with two attached hydrogens (primary N) is 1. The zero-order valence-corrected chi connectivity index (χ0v) is 51.8. The summed E-state index contributed by atoms with van der Waals surface area (Å²) in [6.07, 6.45) is 45.8. The highest BCUT2D eigenvalue weighted by molar-refractivity contribution is 5.76. The van der Waals surface area contributed by atoms with Crippen LogP contribution in [-0.2, 0) is 38.1 Å². The van der Waals surface area contributed by atoms with Gasteiger partial charge in [0, 0.05) is 33.0 Å². The molecule has 0 saturated heterocycles. The first-order valence-corrected chi connectivity index (χ1v) is 30.5. The maximum absolute atomic E-state index is 12.1. The summed E-state index contributed by atoms with van der Waals surface area (Å²) in [5.41, 5.74) is 5.99. The van der Waals surface area contributed by atoms with Gasteiger partial charge in [0.1, 0.15) is 31.5 Å². The molecule has 1 rings (SSSR count). The molecule has 13 nitrogen and oxygen atoms in total. The van der Waals surface area contributed by atoms with Gasteiger partial charge >= 0.3 is 0 Å². The van der Waals surface area contributed by atoms with Crippen molar-refractivity contribution in [2.24, 2.45) is 23.5 Å². The van der Waals surface area contributed by atoms with Gasteiger partial charge in [0.15, 0.2) is 5.78 Å². The van der Waals surface area contributed by atoms with E-state index in [1.54, 1.807) is 0 Å². The minimum absolute atomic E-state index is 0.0185. The lowest BCUT2D eigenvalue weighted by Crippen LogP contribution is -2.27. The second-order valence-corrected chi connectivity index (χ2v) is 19.2. The van der Waals surface area contributed by atoms with E-state index >= 15 is 0 Å². The average Bonchev–Trinajstić information content (AvgIpc) is 3.45. The first kappa shape index (κ1) is 85.2. The zero-order valence-electron chi connectivity index (χ0n) is 51.8. The number of amides is 1. The van der Waals surface area contributed by atoms with E-state index in [9.17, 15) is 19.2 Å². The number of nitrogens with one attached hydrogen (secondary N) is 2. The summed E-state index contributed by atoms with van der Waals surface area (Å²) in [4.78, 5) is 42.9. The Morgan fingerprint density at radius 2 is 1.14 bits per heavy atom. The van der Waals surface area contributed by atoms with Crippen molar-refractivity contribution in [2.45, 2.75) is 234 Å². The van der Waals surface area contributed by atoms with Crippen LogP contribution < -0.4 is 16.4 Å². The fourth-order valence-electron chi connectivity index (χ4n) is 8.35. The third kappa shape index (κ3) is 79.5. The van der Waals surface area contributed by atoms with Gasteiger partial charge in [0.25, 0.3) is 0 Å². The van der Waals surface area contributed by atoms with E-state index in [2.05, 4.69) is 69.0 Å². The number of Topliss-reactive ketones (excluding diaryl/α,β-unsaturated/α-hetero) is 1. The van der Waals surface area contributed by atoms with Gasteiger partial charge < -0.3 is 55.1 Å². The van der Waals surface area contributed by atoms with Crippen molar-refractivity contribution in [3.8, 4) is 0 Å². The minimum Gasteiger partial charge on any atom is -0.509 e. The van der Waals surface area contributed by atoms with Gasteiger partial charge in [-0.1, -0.05) is 174 Å². The van der Waals surface area contributed by atoms with Gasteiger partial charge in [-0.2, -0.15) is 0 Å². The maximum atomic E-state index is 12.1. The summed E-state index contributed by atoms with van der Waals surface area (Å²) < 4.78 is 20.5. The van der Waals surface area contributed by atoms with Crippen LogP contribution in [0.15, 0.2) is 49.3 Å². The lowest BCUT2D eigenvalue weighted by Gasteiger charge is -2.30. The van der Waals surface area contributed by atoms with Crippen molar-refractivity contribution in [1.82, 2.24) is 10.6 Å². The second-order valence-electron chi connectivity index (χ2n) is 19.2. The molecular weight excluding hydrogens is 971 g/mol. The highest BCUT2D eigenvalue weighted by atomic mass is 16.5. The zero-order chi connectivity index (χ0) is 59.1. The fourth-order valence-corrected chi connectivity index (χ4v) is 8.35. The predicted molar refractivity (Wildman–Crippen MR) is 329 cm³/mol. The van der Waals surface area contributed by atoms with Crippen molar-refractivity contribution in [3.63, 3.8) is 0 Å². The molecule has 0 aromatic rings. The largest absolute Gasteiger partial charge is 0.509 e. The van der Waals surface area contributed by atoms with E-state index in [4.69, 9.17) is 29.2 Å². The van der Waals surface area contributed by atoms with E-state index in [-0.39, 0.29) is 30.7 Å². The molecule has 77 heavy (non-hydrogen) atoms. The Bertz CT molecular complexity index is 1240. The summed E-state index contributed by atoms with van der Waals surface area (Å²) in [6, 6.07) is 0. The Balaban J connectivity index is -0.000000298. The number of rotatable bonds is 47. The molecule has 0 aromatic heterocycles. The van der Waals surface area contributed by atoms with Crippen LogP contribution in [0.1, 0.15) is 234 Å². The van der Waals surface area contributed by atoms with Gasteiger partial charge in [-0.25, -0.2) is 0 Å². The predicted octanol–water partition coefficient (Wildman–Crippen LogP) is 14.5. The molecule has 1 amide bonds. The monoisotopic (exact) mass is 1100 g/mol. The van der Waals surface area contributed by atoms with Gasteiger partial charge in [-0.3, -0.25) is 9.59 Å². The summed E-state index contributed by atoms with van der Waals surface area (Å²) >= 11 is 0. The summed E-state index contributed by atoms with van der Waals surface area (Å²) in [5.74, 6) is 2.50. The van der Waals surface area contributed by atoms with Crippen LogP contribution in [0.2, 0.25) is 0 Å². The molecule has 0 aromatic carbocycles. The molecule has 0 aliphatic heterocycles. The molecule has 1 aliphatic carbocycles. The number of unbranched alkanes of at least 4 members (excludes halogenated alkanes) is 18. The molecule has 1 saturated carbocycles.